The second-order valence-electron chi connectivity index (χ2n) is 9.03. The van der Waals surface area contributed by atoms with E-state index in [1.165, 1.54) is 0 Å². The van der Waals surface area contributed by atoms with E-state index in [2.05, 4.69) is 10.3 Å². The number of aryl methyl sites for hydroxylation is 1. The molecule has 1 saturated heterocycles. The SMILES string of the molecule is CO[C@]1(c2cc(C)cc(-n3nc(C4CC(C(N)=O)C4)c4cnc(NC(N)=O)cc43)n2)CCOC1. The molecule has 11 nitrogen and oxygen atoms in total. The minimum atomic E-state index is -0.708. The average Bonchev–Trinajstić information content (AvgIpc) is 3.37. The molecule has 11 heteroatoms. The lowest BCUT2D eigenvalue weighted by atomic mass is 9.72. The maximum atomic E-state index is 11.6. The molecule has 1 atom stereocenters. The monoisotopic (exact) mass is 465 g/mol. The molecule has 0 radical (unpaired) electrons. The van der Waals surface area contributed by atoms with Crippen molar-refractivity contribution in [2.45, 2.75) is 37.7 Å². The van der Waals surface area contributed by atoms with E-state index in [4.69, 9.17) is 31.0 Å². The van der Waals surface area contributed by atoms with Gasteiger partial charge in [0.2, 0.25) is 5.91 Å². The highest BCUT2D eigenvalue weighted by molar-refractivity contribution is 5.91. The Morgan fingerprint density at radius 1 is 1.26 bits per heavy atom. The third kappa shape index (κ3) is 3.76. The summed E-state index contributed by atoms with van der Waals surface area (Å²) in [5.41, 5.74) is 13.5. The number of nitrogens with two attached hydrogens (primary N) is 2. The number of pyridine rings is 2. The van der Waals surface area contributed by atoms with Gasteiger partial charge in [-0.15, -0.1) is 0 Å². The first-order chi connectivity index (χ1) is 16.3. The molecule has 0 bridgehead atoms. The Balaban J connectivity index is 1.64. The van der Waals surface area contributed by atoms with Crippen molar-refractivity contribution in [3.05, 3.63) is 41.3 Å². The minimum absolute atomic E-state index is 0.0795. The highest BCUT2D eigenvalue weighted by Gasteiger charge is 2.39. The molecule has 1 aliphatic heterocycles. The van der Waals surface area contributed by atoms with Gasteiger partial charge in [-0.3, -0.25) is 10.1 Å². The van der Waals surface area contributed by atoms with E-state index in [-0.39, 0.29) is 17.7 Å². The summed E-state index contributed by atoms with van der Waals surface area (Å²) >= 11 is 0. The molecule has 4 heterocycles. The number of hydrogen-bond donors (Lipinski definition) is 3. The molecule has 34 heavy (non-hydrogen) atoms. The Hall–Kier alpha value is -3.57. The van der Waals surface area contributed by atoms with Gasteiger partial charge in [-0.2, -0.15) is 5.10 Å². The zero-order valence-corrected chi connectivity index (χ0v) is 19.1. The summed E-state index contributed by atoms with van der Waals surface area (Å²) in [4.78, 5) is 32.2. The van der Waals surface area contributed by atoms with Gasteiger partial charge in [0.25, 0.3) is 0 Å². The number of carbonyl (C=O) groups is 2. The number of nitrogens with zero attached hydrogens (tertiary/aromatic N) is 4. The lowest BCUT2D eigenvalue weighted by Gasteiger charge is -2.31. The maximum Gasteiger partial charge on any atom is 0.317 e. The fraction of sp³-hybridized carbons (Fsp3) is 0.435. The molecule has 5 rings (SSSR count). The smallest absolute Gasteiger partial charge is 0.317 e. The second kappa shape index (κ2) is 8.33. The van der Waals surface area contributed by atoms with Gasteiger partial charge in [0, 0.05) is 49.6 Å². The Bertz CT molecular complexity index is 1280. The number of urea groups is 1. The number of amides is 3. The predicted molar refractivity (Wildman–Crippen MR) is 123 cm³/mol. The number of aromatic nitrogens is 4. The van der Waals surface area contributed by atoms with Gasteiger partial charge in [-0.05, 0) is 37.5 Å². The molecule has 3 amide bonds. The lowest BCUT2D eigenvalue weighted by Crippen LogP contribution is -2.34. The molecule has 3 aromatic rings. The molecular weight excluding hydrogens is 438 g/mol. The summed E-state index contributed by atoms with van der Waals surface area (Å²) in [6, 6.07) is 4.95. The number of ether oxygens (including phenoxy) is 2. The van der Waals surface area contributed by atoms with Crippen LogP contribution in [0.5, 0.6) is 0 Å². The van der Waals surface area contributed by atoms with Crippen LogP contribution in [0.15, 0.2) is 24.4 Å². The summed E-state index contributed by atoms with van der Waals surface area (Å²) in [5.74, 6) is 0.551. The van der Waals surface area contributed by atoms with E-state index in [1.54, 1.807) is 24.1 Å². The molecule has 1 saturated carbocycles. The van der Waals surface area contributed by atoms with Crippen LogP contribution in [0.25, 0.3) is 16.7 Å². The quantitative estimate of drug-likeness (QED) is 0.501. The van der Waals surface area contributed by atoms with E-state index in [0.717, 1.165) is 27.9 Å². The van der Waals surface area contributed by atoms with E-state index in [1.807, 2.05) is 19.1 Å². The summed E-state index contributed by atoms with van der Waals surface area (Å²) in [6.07, 6.45) is 3.64. The van der Waals surface area contributed by atoms with Crippen LogP contribution >= 0.6 is 0 Å². The largest absolute Gasteiger partial charge is 0.378 e. The molecule has 178 valence electrons. The van der Waals surface area contributed by atoms with Gasteiger partial charge in [-0.25, -0.2) is 19.4 Å². The van der Waals surface area contributed by atoms with Crippen LogP contribution in [0.1, 0.15) is 42.1 Å². The number of methoxy groups -OCH3 is 1. The van der Waals surface area contributed by atoms with Crippen molar-refractivity contribution in [1.29, 1.82) is 0 Å². The highest BCUT2D eigenvalue weighted by Crippen LogP contribution is 2.44. The summed E-state index contributed by atoms with van der Waals surface area (Å²) in [6.45, 7) is 3.02. The van der Waals surface area contributed by atoms with Gasteiger partial charge >= 0.3 is 6.03 Å². The van der Waals surface area contributed by atoms with E-state index < -0.39 is 11.6 Å². The molecule has 0 spiro atoms. The molecule has 1 aliphatic carbocycles. The number of nitrogens with one attached hydrogen (secondary N) is 1. The third-order valence-corrected chi connectivity index (χ3v) is 6.79. The van der Waals surface area contributed by atoms with Crippen LogP contribution < -0.4 is 16.8 Å². The molecule has 2 fully saturated rings. The summed E-state index contributed by atoms with van der Waals surface area (Å²) in [7, 11) is 1.67. The van der Waals surface area contributed by atoms with E-state index >= 15 is 0 Å². The Morgan fingerprint density at radius 2 is 2.06 bits per heavy atom. The Labute approximate surface area is 195 Å². The molecule has 5 N–H and O–H groups in total. The average molecular weight is 466 g/mol. The van der Waals surface area contributed by atoms with Crippen molar-refractivity contribution >= 4 is 28.7 Å². The fourth-order valence-electron chi connectivity index (χ4n) is 4.78. The van der Waals surface area contributed by atoms with Crippen LogP contribution in [0.3, 0.4) is 0 Å². The molecule has 3 aromatic heterocycles. The molecule has 0 aromatic carbocycles. The predicted octanol–water partition coefficient (Wildman–Crippen LogP) is 1.86. The van der Waals surface area contributed by atoms with Crippen molar-refractivity contribution in [2.75, 3.05) is 25.6 Å². The minimum Gasteiger partial charge on any atom is -0.378 e. The van der Waals surface area contributed by atoms with Crippen molar-refractivity contribution in [2.24, 2.45) is 17.4 Å². The van der Waals surface area contributed by atoms with E-state index in [0.29, 0.717) is 44.1 Å². The summed E-state index contributed by atoms with van der Waals surface area (Å²) in [5, 5.41) is 8.23. The van der Waals surface area contributed by atoms with Gasteiger partial charge < -0.3 is 20.9 Å². The number of rotatable bonds is 6. The first kappa shape index (κ1) is 22.2. The standard InChI is InChI=1S/C23H27N7O4/c1-12-5-17(23(33-2)3-4-34-11-23)27-19(6-12)30-16-9-18(28-22(25)32)26-10-15(16)20(29-30)13-7-14(8-13)21(24)31/h5-6,9-10,13-14H,3-4,7-8,11H2,1-2H3,(H2,24,31)(H3,25,26,28,32)/t13?,14?,23-/m1/s1. The first-order valence-electron chi connectivity index (χ1n) is 11.2. The second-order valence-corrected chi connectivity index (χ2v) is 9.03. The van der Waals surface area contributed by atoms with Gasteiger partial charge in [0.1, 0.15) is 11.4 Å². The van der Waals surface area contributed by atoms with Gasteiger partial charge in [-0.1, -0.05) is 0 Å². The number of fused-ring (bicyclic) bond motifs is 1. The van der Waals surface area contributed by atoms with E-state index in [9.17, 15) is 9.59 Å². The van der Waals surface area contributed by atoms with Crippen LogP contribution in [-0.2, 0) is 19.9 Å². The Kier molecular flexibility index (Phi) is 5.45. The van der Waals surface area contributed by atoms with Gasteiger partial charge in [0.15, 0.2) is 5.82 Å². The van der Waals surface area contributed by atoms with Crippen molar-refractivity contribution in [1.82, 2.24) is 19.7 Å². The van der Waals surface area contributed by atoms with Crippen LogP contribution in [-0.4, -0.2) is 52.0 Å². The Morgan fingerprint density at radius 3 is 2.71 bits per heavy atom. The molecule has 2 aliphatic rings. The van der Waals surface area contributed by atoms with Gasteiger partial charge in [0.05, 0.1) is 23.5 Å². The lowest BCUT2D eigenvalue weighted by molar-refractivity contribution is -0.124. The first-order valence-corrected chi connectivity index (χ1v) is 11.2. The topological polar surface area (TPSA) is 160 Å². The van der Waals surface area contributed by atoms with Crippen LogP contribution in [0.2, 0.25) is 0 Å². The molecular formula is C23H27N7O4. The number of carbonyl (C=O) groups excluding carboxylic acids is 2. The van der Waals surface area contributed by atoms with Crippen molar-refractivity contribution < 1.29 is 19.1 Å². The number of anilines is 1. The fourth-order valence-corrected chi connectivity index (χ4v) is 4.78. The zero-order valence-electron chi connectivity index (χ0n) is 19.1. The van der Waals surface area contributed by atoms with Crippen molar-refractivity contribution in [3.8, 4) is 5.82 Å². The third-order valence-electron chi connectivity index (χ3n) is 6.79. The van der Waals surface area contributed by atoms with Crippen LogP contribution in [0.4, 0.5) is 10.6 Å². The normalized spacial score (nSPS) is 24.2. The number of primary amides is 2. The maximum absolute atomic E-state index is 11.6. The van der Waals surface area contributed by atoms with Crippen LogP contribution in [0, 0.1) is 12.8 Å². The number of hydrogen-bond acceptors (Lipinski definition) is 7. The van der Waals surface area contributed by atoms with Crippen molar-refractivity contribution in [3.63, 3.8) is 0 Å². The summed E-state index contributed by atoms with van der Waals surface area (Å²) < 4.78 is 13.2. The molecule has 0 unspecified atom stereocenters. The highest BCUT2D eigenvalue weighted by atomic mass is 16.5. The zero-order chi connectivity index (χ0) is 24.0.